The summed E-state index contributed by atoms with van der Waals surface area (Å²) in [5.41, 5.74) is 5.87. The average Bonchev–Trinajstić information content (AvgIpc) is 2.75. The quantitative estimate of drug-likeness (QED) is 0.809. The lowest BCUT2D eigenvalue weighted by Gasteiger charge is -2.31. The van der Waals surface area contributed by atoms with Crippen molar-refractivity contribution in [1.29, 1.82) is 0 Å². The molecule has 0 spiro atoms. The largest absolute Gasteiger partial charge is 0.330 e. The molecule has 0 aliphatic rings. The van der Waals surface area contributed by atoms with Crippen molar-refractivity contribution >= 4 is 11.3 Å². The first kappa shape index (κ1) is 14.7. The van der Waals surface area contributed by atoms with E-state index < -0.39 is 0 Å². The lowest BCUT2D eigenvalue weighted by molar-refractivity contribution is 0.162. The van der Waals surface area contributed by atoms with Crippen LogP contribution in [0.25, 0.3) is 0 Å². The molecule has 0 bridgehead atoms. The van der Waals surface area contributed by atoms with Gasteiger partial charge in [-0.05, 0) is 43.7 Å². The van der Waals surface area contributed by atoms with E-state index in [-0.39, 0.29) is 0 Å². The maximum absolute atomic E-state index is 5.87. The van der Waals surface area contributed by atoms with Crippen LogP contribution in [0.4, 0.5) is 0 Å². The molecule has 1 unspecified atom stereocenters. The fraction of sp³-hybridized carbons (Fsp3) is 0.714. The molecule has 98 valence electrons. The molecule has 1 heterocycles. The number of thiophene rings is 1. The number of hydrogen-bond donors (Lipinski definition) is 1. The van der Waals surface area contributed by atoms with Crippen LogP contribution in [-0.2, 0) is 6.54 Å². The normalized spacial score (nSPS) is 13.9. The molecule has 1 aromatic rings. The van der Waals surface area contributed by atoms with Gasteiger partial charge in [-0.3, -0.25) is 4.90 Å². The Balaban J connectivity index is 2.59. The Hall–Kier alpha value is -0.380. The minimum Gasteiger partial charge on any atom is -0.330 e. The fourth-order valence-electron chi connectivity index (χ4n) is 1.92. The summed E-state index contributed by atoms with van der Waals surface area (Å²) >= 11 is 1.84. The molecule has 0 radical (unpaired) electrons. The second-order valence-electron chi connectivity index (χ2n) is 5.34. The molecular formula is C14H26N2S. The summed E-state index contributed by atoms with van der Waals surface area (Å²) in [6, 6.07) is 4.92. The Morgan fingerprint density at radius 2 is 2.00 bits per heavy atom. The lowest BCUT2D eigenvalue weighted by Crippen LogP contribution is -2.38. The Bertz CT molecular complexity index is 293. The molecule has 0 saturated carbocycles. The van der Waals surface area contributed by atoms with Crippen LogP contribution in [0.5, 0.6) is 0 Å². The molecule has 0 saturated heterocycles. The minimum atomic E-state index is 0.574. The summed E-state index contributed by atoms with van der Waals surface area (Å²) in [5.74, 6) is 1.25. The van der Waals surface area contributed by atoms with Crippen molar-refractivity contribution in [3.8, 4) is 0 Å². The SMILES string of the molecule is CC(C)C(CN)CN(Cc1cccs1)C(C)C. The second-order valence-corrected chi connectivity index (χ2v) is 6.37. The number of nitrogens with two attached hydrogens (primary N) is 1. The standard InChI is InChI=1S/C14H26N2S/c1-11(2)13(8-15)9-16(12(3)4)10-14-6-5-7-17-14/h5-7,11-13H,8-10,15H2,1-4H3. The van der Waals surface area contributed by atoms with E-state index in [9.17, 15) is 0 Å². The van der Waals surface area contributed by atoms with Gasteiger partial charge in [-0.15, -0.1) is 11.3 Å². The van der Waals surface area contributed by atoms with Gasteiger partial charge in [0.25, 0.3) is 0 Å². The van der Waals surface area contributed by atoms with Crippen LogP contribution in [0.15, 0.2) is 17.5 Å². The van der Waals surface area contributed by atoms with Gasteiger partial charge in [0.1, 0.15) is 0 Å². The van der Waals surface area contributed by atoms with Gasteiger partial charge >= 0.3 is 0 Å². The maximum Gasteiger partial charge on any atom is 0.0330 e. The van der Waals surface area contributed by atoms with E-state index in [1.54, 1.807) is 0 Å². The van der Waals surface area contributed by atoms with Crippen molar-refractivity contribution in [2.45, 2.75) is 40.3 Å². The van der Waals surface area contributed by atoms with E-state index in [0.29, 0.717) is 17.9 Å². The summed E-state index contributed by atoms with van der Waals surface area (Å²) in [7, 11) is 0. The van der Waals surface area contributed by atoms with Gasteiger partial charge in [0, 0.05) is 24.0 Å². The predicted octanol–water partition coefficient (Wildman–Crippen LogP) is 3.19. The molecular weight excluding hydrogens is 228 g/mol. The summed E-state index contributed by atoms with van der Waals surface area (Å²) in [5, 5.41) is 2.15. The van der Waals surface area contributed by atoms with Crippen LogP contribution >= 0.6 is 11.3 Å². The van der Waals surface area contributed by atoms with Gasteiger partial charge in [-0.25, -0.2) is 0 Å². The van der Waals surface area contributed by atoms with Gasteiger partial charge in [-0.1, -0.05) is 19.9 Å². The third kappa shape index (κ3) is 4.78. The zero-order valence-electron chi connectivity index (χ0n) is 11.5. The number of hydrogen-bond acceptors (Lipinski definition) is 3. The monoisotopic (exact) mass is 254 g/mol. The van der Waals surface area contributed by atoms with Crippen LogP contribution in [0.3, 0.4) is 0 Å². The molecule has 17 heavy (non-hydrogen) atoms. The molecule has 1 aromatic heterocycles. The lowest BCUT2D eigenvalue weighted by atomic mass is 9.95. The van der Waals surface area contributed by atoms with Crippen molar-refractivity contribution in [2.24, 2.45) is 17.6 Å². The molecule has 1 atom stereocenters. The fourth-order valence-corrected chi connectivity index (χ4v) is 2.65. The average molecular weight is 254 g/mol. The molecule has 0 amide bonds. The van der Waals surface area contributed by atoms with Crippen molar-refractivity contribution in [1.82, 2.24) is 4.90 Å². The summed E-state index contributed by atoms with van der Waals surface area (Å²) in [4.78, 5) is 3.97. The van der Waals surface area contributed by atoms with E-state index in [0.717, 1.165) is 19.6 Å². The highest BCUT2D eigenvalue weighted by Crippen LogP contribution is 2.18. The van der Waals surface area contributed by atoms with Gasteiger partial charge < -0.3 is 5.73 Å². The summed E-state index contributed by atoms with van der Waals surface area (Å²) < 4.78 is 0. The van der Waals surface area contributed by atoms with Gasteiger partial charge in [0.2, 0.25) is 0 Å². The van der Waals surface area contributed by atoms with Crippen LogP contribution in [0, 0.1) is 11.8 Å². The second kappa shape index (κ2) is 7.14. The highest BCUT2D eigenvalue weighted by Gasteiger charge is 2.18. The van der Waals surface area contributed by atoms with Crippen molar-refractivity contribution in [3.05, 3.63) is 22.4 Å². The van der Waals surface area contributed by atoms with Crippen molar-refractivity contribution in [2.75, 3.05) is 13.1 Å². The van der Waals surface area contributed by atoms with Crippen LogP contribution in [0.1, 0.15) is 32.6 Å². The van der Waals surface area contributed by atoms with E-state index in [1.165, 1.54) is 4.88 Å². The zero-order chi connectivity index (χ0) is 12.8. The van der Waals surface area contributed by atoms with Crippen molar-refractivity contribution in [3.63, 3.8) is 0 Å². The molecule has 1 rings (SSSR count). The van der Waals surface area contributed by atoms with Crippen molar-refractivity contribution < 1.29 is 0 Å². The molecule has 0 fully saturated rings. The molecule has 2 nitrogen and oxygen atoms in total. The Morgan fingerprint density at radius 1 is 1.29 bits per heavy atom. The third-order valence-electron chi connectivity index (χ3n) is 3.38. The number of nitrogens with zero attached hydrogens (tertiary/aromatic N) is 1. The minimum absolute atomic E-state index is 0.574. The first-order chi connectivity index (χ1) is 8.04. The Morgan fingerprint density at radius 3 is 2.41 bits per heavy atom. The number of rotatable bonds is 7. The first-order valence-corrected chi connectivity index (χ1v) is 7.39. The van der Waals surface area contributed by atoms with Crippen LogP contribution < -0.4 is 5.73 Å². The van der Waals surface area contributed by atoms with Crippen LogP contribution in [-0.4, -0.2) is 24.0 Å². The highest BCUT2D eigenvalue weighted by molar-refractivity contribution is 7.09. The first-order valence-electron chi connectivity index (χ1n) is 6.51. The van der Waals surface area contributed by atoms with Gasteiger partial charge in [0.15, 0.2) is 0 Å². The molecule has 0 aliphatic carbocycles. The highest BCUT2D eigenvalue weighted by atomic mass is 32.1. The van der Waals surface area contributed by atoms with E-state index in [4.69, 9.17) is 5.73 Å². The topological polar surface area (TPSA) is 29.3 Å². The van der Waals surface area contributed by atoms with Gasteiger partial charge in [-0.2, -0.15) is 0 Å². The molecule has 0 aromatic carbocycles. The Labute approximate surface area is 110 Å². The smallest absolute Gasteiger partial charge is 0.0330 e. The maximum atomic E-state index is 5.87. The Kier molecular flexibility index (Phi) is 6.17. The van der Waals surface area contributed by atoms with E-state index in [2.05, 4.69) is 50.1 Å². The van der Waals surface area contributed by atoms with E-state index in [1.807, 2.05) is 11.3 Å². The van der Waals surface area contributed by atoms with Gasteiger partial charge in [0.05, 0.1) is 0 Å². The third-order valence-corrected chi connectivity index (χ3v) is 4.25. The predicted molar refractivity (Wildman–Crippen MR) is 77.2 cm³/mol. The molecule has 3 heteroatoms. The molecule has 2 N–H and O–H groups in total. The van der Waals surface area contributed by atoms with Crippen LogP contribution in [0.2, 0.25) is 0 Å². The molecule has 0 aliphatic heterocycles. The summed E-state index contributed by atoms with van der Waals surface area (Å²) in [6.07, 6.45) is 0. The zero-order valence-corrected chi connectivity index (χ0v) is 12.3. The summed E-state index contributed by atoms with van der Waals surface area (Å²) in [6.45, 7) is 12.0. The van der Waals surface area contributed by atoms with E-state index >= 15 is 0 Å².